The van der Waals surface area contributed by atoms with E-state index in [1.54, 1.807) is 6.08 Å². The first-order valence-corrected chi connectivity index (χ1v) is 3.93. The van der Waals surface area contributed by atoms with Crippen LogP contribution >= 0.6 is 0 Å². The molecule has 1 rings (SSSR count). The maximum Gasteiger partial charge on any atom is 0.128 e. The van der Waals surface area contributed by atoms with Crippen LogP contribution in [-0.2, 0) is 4.79 Å². The van der Waals surface area contributed by atoms with E-state index in [4.69, 9.17) is 0 Å². The molecule has 12 heavy (non-hydrogen) atoms. The molecule has 0 radical (unpaired) electrons. The average molecular weight is 164 g/mol. The quantitative estimate of drug-likeness (QED) is 0.495. The minimum atomic E-state index is -0.489. The van der Waals surface area contributed by atoms with Gasteiger partial charge in [-0.15, -0.1) is 6.58 Å². The van der Waals surface area contributed by atoms with Crippen molar-refractivity contribution in [2.75, 3.05) is 0 Å². The third-order valence-corrected chi connectivity index (χ3v) is 2.21. The third kappa shape index (κ3) is 1.40. The maximum absolute atomic E-state index is 10.4. The lowest BCUT2D eigenvalue weighted by atomic mass is 10.1. The van der Waals surface area contributed by atoms with Gasteiger partial charge in [-0.1, -0.05) is 6.08 Å². The summed E-state index contributed by atoms with van der Waals surface area (Å²) in [4.78, 5) is 10.4. The van der Waals surface area contributed by atoms with Gasteiger partial charge in [-0.05, 0) is 24.5 Å². The number of carbonyl (C=O) groups excluding carboxylic acids is 1. The van der Waals surface area contributed by atoms with Crippen LogP contribution < -0.4 is 0 Å². The van der Waals surface area contributed by atoms with Crippen molar-refractivity contribution in [3.8, 4) is 0 Å². The van der Waals surface area contributed by atoms with Crippen LogP contribution in [-0.4, -0.2) is 17.2 Å². The molecule has 2 heteroatoms. The summed E-state index contributed by atoms with van der Waals surface area (Å²) in [6, 6.07) is 0. The Balaban J connectivity index is 3.02. The van der Waals surface area contributed by atoms with E-state index < -0.39 is 6.10 Å². The molecule has 0 aromatic rings. The van der Waals surface area contributed by atoms with Crippen LogP contribution in [0, 0.1) is 0 Å². The third-order valence-electron chi connectivity index (χ3n) is 2.21. The number of aliphatic hydroxyl groups excluding tert-OH is 1. The Bertz CT molecular complexity index is 280. The van der Waals surface area contributed by atoms with Crippen LogP contribution in [0.1, 0.15) is 19.8 Å². The van der Waals surface area contributed by atoms with Crippen LogP contribution in [0.3, 0.4) is 0 Å². The summed E-state index contributed by atoms with van der Waals surface area (Å²) < 4.78 is 0. The van der Waals surface area contributed by atoms with E-state index in [0.29, 0.717) is 18.4 Å². The predicted octanol–water partition coefficient (Wildman–Crippen LogP) is 1.40. The van der Waals surface area contributed by atoms with Crippen molar-refractivity contribution in [3.05, 3.63) is 29.4 Å². The Kier molecular flexibility index (Phi) is 2.64. The molecule has 0 bridgehead atoms. The second kappa shape index (κ2) is 3.53. The van der Waals surface area contributed by atoms with Crippen LogP contribution in [0.4, 0.5) is 0 Å². The molecule has 1 aliphatic carbocycles. The predicted molar refractivity (Wildman–Crippen MR) is 47.3 cm³/mol. The van der Waals surface area contributed by atoms with E-state index in [0.717, 1.165) is 11.1 Å². The molecule has 0 saturated heterocycles. The molecule has 0 aliphatic heterocycles. The van der Waals surface area contributed by atoms with Crippen molar-refractivity contribution in [3.63, 3.8) is 0 Å². The van der Waals surface area contributed by atoms with Crippen LogP contribution in [0.5, 0.6) is 0 Å². The van der Waals surface area contributed by atoms with E-state index in [2.05, 4.69) is 6.58 Å². The minimum Gasteiger partial charge on any atom is -0.388 e. The zero-order valence-corrected chi connectivity index (χ0v) is 7.13. The summed E-state index contributed by atoms with van der Waals surface area (Å²) in [5.41, 5.74) is 2.39. The standard InChI is InChI=1S/C10H12O2/c1-3-4-9-7(2)10(12)5-8(9)6-11/h3,10,12H,1,4-5H2,2H3/t10-/m0/s1. The van der Waals surface area contributed by atoms with Gasteiger partial charge in [0.1, 0.15) is 5.94 Å². The first-order chi connectivity index (χ1) is 5.70. The molecule has 0 unspecified atom stereocenters. The summed E-state index contributed by atoms with van der Waals surface area (Å²) in [7, 11) is 0. The second-order valence-corrected chi connectivity index (χ2v) is 2.95. The molecule has 64 valence electrons. The lowest BCUT2D eigenvalue weighted by Gasteiger charge is -2.00. The molecule has 0 aromatic heterocycles. The van der Waals surface area contributed by atoms with Crippen molar-refractivity contribution in [2.45, 2.75) is 25.9 Å². The zero-order valence-electron chi connectivity index (χ0n) is 7.13. The van der Waals surface area contributed by atoms with Crippen molar-refractivity contribution in [2.24, 2.45) is 0 Å². The van der Waals surface area contributed by atoms with Crippen molar-refractivity contribution < 1.29 is 9.90 Å². The first-order valence-electron chi connectivity index (χ1n) is 3.93. The lowest BCUT2D eigenvalue weighted by molar-refractivity contribution is 0.219. The highest BCUT2D eigenvalue weighted by Gasteiger charge is 2.24. The van der Waals surface area contributed by atoms with Gasteiger partial charge in [0.15, 0.2) is 0 Å². The molecule has 0 saturated carbocycles. The Labute approximate surface area is 71.9 Å². The topological polar surface area (TPSA) is 37.3 Å². The number of hydrogen-bond acceptors (Lipinski definition) is 2. The maximum atomic E-state index is 10.4. The Morgan fingerprint density at radius 2 is 2.50 bits per heavy atom. The summed E-state index contributed by atoms with van der Waals surface area (Å²) >= 11 is 0. The lowest BCUT2D eigenvalue weighted by Crippen LogP contribution is -2.01. The van der Waals surface area contributed by atoms with Crippen molar-refractivity contribution in [1.29, 1.82) is 0 Å². The normalized spacial score (nSPS) is 22.8. The molecular weight excluding hydrogens is 152 g/mol. The van der Waals surface area contributed by atoms with E-state index in [1.165, 1.54) is 0 Å². The van der Waals surface area contributed by atoms with Gasteiger partial charge in [0.2, 0.25) is 0 Å². The van der Waals surface area contributed by atoms with Crippen LogP contribution in [0.25, 0.3) is 0 Å². The van der Waals surface area contributed by atoms with Gasteiger partial charge in [0.25, 0.3) is 0 Å². The number of hydrogen-bond donors (Lipinski definition) is 1. The number of rotatable bonds is 2. The Morgan fingerprint density at radius 3 is 3.00 bits per heavy atom. The highest BCUT2D eigenvalue weighted by atomic mass is 16.3. The van der Waals surface area contributed by atoms with E-state index >= 15 is 0 Å². The summed E-state index contributed by atoms with van der Waals surface area (Å²) in [6.45, 7) is 5.43. The van der Waals surface area contributed by atoms with E-state index in [1.807, 2.05) is 12.9 Å². The monoisotopic (exact) mass is 164 g/mol. The molecule has 0 aromatic carbocycles. The average Bonchev–Trinajstić information content (AvgIpc) is 2.33. The fraction of sp³-hybridized carbons (Fsp3) is 0.400. The fourth-order valence-electron chi connectivity index (χ4n) is 1.44. The largest absolute Gasteiger partial charge is 0.388 e. The molecule has 1 N–H and O–H groups in total. The number of aliphatic hydroxyl groups is 1. The van der Waals surface area contributed by atoms with Gasteiger partial charge in [-0.2, -0.15) is 0 Å². The summed E-state index contributed by atoms with van der Waals surface area (Å²) in [6.07, 6.45) is 2.30. The summed E-state index contributed by atoms with van der Waals surface area (Å²) in [5.74, 6) is 1.86. The summed E-state index contributed by atoms with van der Waals surface area (Å²) in [5, 5.41) is 9.40. The van der Waals surface area contributed by atoms with Crippen LogP contribution in [0.15, 0.2) is 29.4 Å². The van der Waals surface area contributed by atoms with E-state index in [-0.39, 0.29) is 0 Å². The second-order valence-electron chi connectivity index (χ2n) is 2.95. The highest BCUT2D eigenvalue weighted by Crippen LogP contribution is 2.31. The van der Waals surface area contributed by atoms with Crippen molar-refractivity contribution in [1.82, 2.24) is 0 Å². The van der Waals surface area contributed by atoms with Gasteiger partial charge in [-0.25, -0.2) is 4.79 Å². The number of allylic oxidation sites excluding steroid dienone is 2. The SMILES string of the molecule is C=CCC1=C(C)[C@@H](O)CC1=C=O. The molecule has 0 fully saturated rings. The molecule has 1 aliphatic rings. The van der Waals surface area contributed by atoms with Gasteiger partial charge in [0.05, 0.1) is 6.10 Å². The molecular formula is C10H12O2. The molecule has 0 amide bonds. The van der Waals surface area contributed by atoms with Gasteiger partial charge >= 0.3 is 0 Å². The van der Waals surface area contributed by atoms with Gasteiger partial charge in [-0.3, -0.25) is 0 Å². The molecule has 2 nitrogen and oxygen atoms in total. The first kappa shape index (κ1) is 8.98. The van der Waals surface area contributed by atoms with Crippen molar-refractivity contribution >= 4 is 5.94 Å². The van der Waals surface area contributed by atoms with Gasteiger partial charge in [0, 0.05) is 12.0 Å². The zero-order chi connectivity index (χ0) is 9.14. The Hall–Kier alpha value is -1.11. The van der Waals surface area contributed by atoms with Gasteiger partial charge < -0.3 is 5.11 Å². The smallest absolute Gasteiger partial charge is 0.128 e. The molecule has 0 heterocycles. The fourth-order valence-corrected chi connectivity index (χ4v) is 1.44. The minimum absolute atomic E-state index is 0.415. The Morgan fingerprint density at radius 1 is 1.83 bits per heavy atom. The van der Waals surface area contributed by atoms with Crippen LogP contribution in [0.2, 0.25) is 0 Å². The van der Waals surface area contributed by atoms with E-state index in [9.17, 15) is 9.90 Å². The molecule has 0 spiro atoms. The molecule has 1 atom stereocenters. The highest BCUT2D eigenvalue weighted by molar-refractivity contribution is 5.65.